The van der Waals surface area contributed by atoms with E-state index in [1.807, 2.05) is 0 Å². The largest absolute Gasteiger partial charge is 0.481 e. The van der Waals surface area contributed by atoms with Crippen LogP contribution in [0, 0.1) is 23.7 Å². The van der Waals surface area contributed by atoms with E-state index in [0.29, 0.717) is 6.04 Å². The van der Waals surface area contributed by atoms with Gasteiger partial charge < -0.3 is 15.3 Å². The van der Waals surface area contributed by atoms with Crippen LogP contribution in [-0.2, 0) is 9.59 Å². The van der Waals surface area contributed by atoms with Crippen molar-refractivity contribution in [3.8, 4) is 0 Å². The number of piperidine rings is 1. The van der Waals surface area contributed by atoms with Gasteiger partial charge in [-0.3, -0.25) is 9.59 Å². The third-order valence-electron chi connectivity index (χ3n) is 6.41. The lowest BCUT2D eigenvalue weighted by atomic mass is 9.58. The molecular formula is C18H30N2O3. The number of carbonyl (C=O) groups is 2. The van der Waals surface area contributed by atoms with Gasteiger partial charge in [0.25, 0.3) is 0 Å². The molecule has 0 aromatic heterocycles. The van der Waals surface area contributed by atoms with Crippen LogP contribution in [0.5, 0.6) is 0 Å². The Morgan fingerprint density at radius 3 is 1.96 bits per heavy atom. The lowest BCUT2D eigenvalue weighted by Gasteiger charge is -2.46. The highest BCUT2D eigenvalue weighted by Crippen LogP contribution is 2.49. The smallest absolute Gasteiger partial charge is 0.307 e. The fourth-order valence-electron chi connectivity index (χ4n) is 5.04. The summed E-state index contributed by atoms with van der Waals surface area (Å²) in [5.41, 5.74) is 0. The van der Waals surface area contributed by atoms with Crippen LogP contribution in [0.3, 0.4) is 0 Å². The number of aliphatic carboxylic acids is 1. The summed E-state index contributed by atoms with van der Waals surface area (Å²) < 4.78 is 0. The minimum atomic E-state index is -0.769. The van der Waals surface area contributed by atoms with E-state index in [9.17, 15) is 14.7 Å². The Morgan fingerprint density at radius 1 is 0.957 bits per heavy atom. The molecule has 130 valence electrons. The van der Waals surface area contributed by atoms with E-state index in [1.54, 1.807) is 0 Å². The summed E-state index contributed by atoms with van der Waals surface area (Å²) in [6.45, 7) is 6.44. The number of carboxylic acids is 1. The first kappa shape index (κ1) is 16.7. The van der Waals surface area contributed by atoms with Gasteiger partial charge in [-0.05, 0) is 64.2 Å². The number of carboxylic acid groups (broad SMARTS) is 1. The molecule has 23 heavy (non-hydrogen) atoms. The van der Waals surface area contributed by atoms with Gasteiger partial charge in [0.05, 0.1) is 11.8 Å². The number of likely N-dealkylation sites (tertiary alicyclic amines) is 1. The van der Waals surface area contributed by atoms with Gasteiger partial charge in [0.1, 0.15) is 0 Å². The molecule has 5 nitrogen and oxygen atoms in total. The summed E-state index contributed by atoms with van der Waals surface area (Å²) in [7, 11) is 0. The first-order valence-electron chi connectivity index (χ1n) is 9.24. The average molecular weight is 322 g/mol. The Bertz CT molecular complexity index is 449. The molecule has 0 spiro atoms. The molecule has 3 aliphatic carbocycles. The molecule has 0 aromatic rings. The molecule has 0 radical (unpaired) electrons. The van der Waals surface area contributed by atoms with Crippen molar-refractivity contribution in [2.24, 2.45) is 23.7 Å². The van der Waals surface area contributed by atoms with E-state index < -0.39 is 11.9 Å². The normalized spacial score (nSPS) is 35.4. The maximum Gasteiger partial charge on any atom is 0.307 e. The highest BCUT2D eigenvalue weighted by Gasteiger charge is 2.50. The molecule has 0 aromatic carbocycles. The molecule has 2 atom stereocenters. The SMILES string of the molecule is CC(C)N1CCC(NC(=O)C2C3CCC(CC3)C2C(=O)O)CC1. The van der Waals surface area contributed by atoms with Gasteiger partial charge in [-0.2, -0.15) is 0 Å². The molecular weight excluding hydrogens is 292 g/mol. The molecule has 2 unspecified atom stereocenters. The van der Waals surface area contributed by atoms with Gasteiger partial charge in [-0.25, -0.2) is 0 Å². The minimum absolute atomic E-state index is 0.00907. The molecule has 2 bridgehead atoms. The zero-order valence-corrected chi connectivity index (χ0v) is 14.3. The Kier molecular flexibility index (Phi) is 4.95. The van der Waals surface area contributed by atoms with E-state index in [2.05, 4.69) is 24.1 Å². The van der Waals surface area contributed by atoms with E-state index in [-0.39, 0.29) is 29.7 Å². The zero-order chi connectivity index (χ0) is 16.6. The van der Waals surface area contributed by atoms with Crippen molar-refractivity contribution < 1.29 is 14.7 Å². The standard InChI is InChI=1S/C18H30N2O3/c1-11(2)20-9-7-14(8-10-20)19-17(21)15-12-3-5-13(6-4-12)16(15)18(22)23/h11-16H,3-10H2,1-2H3,(H,19,21)(H,22,23). The second-order valence-corrected chi connectivity index (χ2v) is 7.98. The molecule has 1 aliphatic heterocycles. The van der Waals surface area contributed by atoms with Crippen molar-refractivity contribution >= 4 is 11.9 Å². The van der Waals surface area contributed by atoms with E-state index in [0.717, 1.165) is 51.6 Å². The number of hydrogen-bond donors (Lipinski definition) is 2. The second kappa shape index (κ2) is 6.80. The summed E-state index contributed by atoms with van der Waals surface area (Å²) in [5.74, 6) is -1.04. The predicted molar refractivity (Wildman–Crippen MR) is 87.9 cm³/mol. The highest BCUT2D eigenvalue weighted by atomic mass is 16.4. The molecule has 5 heteroatoms. The van der Waals surface area contributed by atoms with Crippen molar-refractivity contribution in [2.75, 3.05) is 13.1 Å². The maximum atomic E-state index is 12.8. The second-order valence-electron chi connectivity index (χ2n) is 7.98. The quantitative estimate of drug-likeness (QED) is 0.832. The fourth-order valence-corrected chi connectivity index (χ4v) is 5.04. The molecule has 1 heterocycles. The Hall–Kier alpha value is -1.10. The van der Waals surface area contributed by atoms with E-state index in [4.69, 9.17) is 0 Å². The number of nitrogens with one attached hydrogen (secondary N) is 1. The lowest BCUT2D eigenvalue weighted by molar-refractivity contribution is -0.158. The van der Waals surface area contributed by atoms with Crippen molar-refractivity contribution in [1.29, 1.82) is 0 Å². The van der Waals surface area contributed by atoms with Crippen molar-refractivity contribution in [2.45, 2.75) is 64.5 Å². The summed E-state index contributed by atoms with van der Waals surface area (Å²) in [5, 5.41) is 12.8. The van der Waals surface area contributed by atoms with Crippen LogP contribution in [0.1, 0.15) is 52.4 Å². The first-order chi connectivity index (χ1) is 11.0. The lowest BCUT2D eigenvalue weighted by Crippen LogP contribution is -2.54. The molecule has 2 N–H and O–H groups in total. The van der Waals surface area contributed by atoms with Crippen LogP contribution in [0.2, 0.25) is 0 Å². The molecule has 1 amide bonds. The van der Waals surface area contributed by atoms with Crippen LogP contribution in [-0.4, -0.2) is 47.1 Å². The van der Waals surface area contributed by atoms with E-state index in [1.165, 1.54) is 0 Å². The monoisotopic (exact) mass is 322 g/mol. The Morgan fingerprint density at radius 2 is 1.48 bits per heavy atom. The van der Waals surface area contributed by atoms with Gasteiger partial charge in [-0.1, -0.05) is 0 Å². The van der Waals surface area contributed by atoms with Gasteiger partial charge in [0.15, 0.2) is 0 Å². The topological polar surface area (TPSA) is 69.6 Å². The van der Waals surface area contributed by atoms with Crippen molar-refractivity contribution in [3.05, 3.63) is 0 Å². The Balaban J connectivity index is 1.60. The van der Waals surface area contributed by atoms with Gasteiger partial charge in [0.2, 0.25) is 5.91 Å². The summed E-state index contributed by atoms with van der Waals surface area (Å²) >= 11 is 0. The van der Waals surface area contributed by atoms with Gasteiger partial charge in [-0.15, -0.1) is 0 Å². The zero-order valence-electron chi connectivity index (χ0n) is 14.3. The fraction of sp³-hybridized carbons (Fsp3) is 0.889. The van der Waals surface area contributed by atoms with Crippen LogP contribution in [0.15, 0.2) is 0 Å². The number of carbonyl (C=O) groups excluding carboxylic acids is 1. The average Bonchev–Trinajstić information content (AvgIpc) is 2.55. The number of nitrogens with zero attached hydrogens (tertiary/aromatic N) is 1. The number of amides is 1. The Labute approximate surface area is 138 Å². The van der Waals surface area contributed by atoms with E-state index >= 15 is 0 Å². The summed E-state index contributed by atoms with van der Waals surface area (Å²) in [4.78, 5) is 26.9. The van der Waals surface area contributed by atoms with Crippen LogP contribution < -0.4 is 5.32 Å². The van der Waals surface area contributed by atoms with Crippen LogP contribution >= 0.6 is 0 Å². The molecule has 4 aliphatic rings. The predicted octanol–water partition coefficient (Wildman–Crippen LogP) is 2.11. The first-order valence-corrected chi connectivity index (χ1v) is 9.24. The minimum Gasteiger partial charge on any atom is -0.481 e. The summed E-state index contributed by atoms with van der Waals surface area (Å²) in [6.07, 6.45) is 5.97. The third kappa shape index (κ3) is 3.39. The van der Waals surface area contributed by atoms with Crippen molar-refractivity contribution in [3.63, 3.8) is 0 Å². The molecule has 4 fully saturated rings. The van der Waals surface area contributed by atoms with Gasteiger partial charge >= 0.3 is 5.97 Å². The summed E-state index contributed by atoms with van der Waals surface area (Å²) in [6, 6.07) is 0.768. The third-order valence-corrected chi connectivity index (χ3v) is 6.41. The molecule has 1 saturated heterocycles. The van der Waals surface area contributed by atoms with Crippen molar-refractivity contribution in [1.82, 2.24) is 10.2 Å². The van der Waals surface area contributed by atoms with Crippen LogP contribution in [0.25, 0.3) is 0 Å². The maximum absolute atomic E-state index is 12.8. The number of fused-ring (bicyclic) bond motifs is 3. The van der Waals surface area contributed by atoms with Crippen LogP contribution in [0.4, 0.5) is 0 Å². The molecule has 4 rings (SSSR count). The number of rotatable bonds is 4. The molecule has 3 saturated carbocycles. The number of hydrogen-bond acceptors (Lipinski definition) is 3. The van der Waals surface area contributed by atoms with Gasteiger partial charge in [0, 0.05) is 25.2 Å². The highest BCUT2D eigenvalue weighted by molar-refractivity contribution is 5.85.